The van der Waals surface area contributed by atoms with Crippen LogP contribution < -0.4 is 5.32 Å². The Kier molecular flexibility index (Phi) is 7.84. The fraction of sp³-hybridized carbons (Fsp3) is 0.444. The lowest BCUT2D eigenvalue weighted by Gasteiger charge is -2.32. The molecule has 0 bridgehead atoms. The van der Waals surface area contributed by atoms with Gasteiger partial charge in [-0.3, -0.25) is 9.78 Å². The highest BCUT2D eigenvalue weighted by molar-refractivity contribution is 6.37. The SMILES string of the molecule is CC(C)C(=O)c1cnc2ccc(-c3cc(Cl)c(O)c(Cl)c3)nc2c1N[C@H]1CC[C@H](CN(C)C)CC1. The molecular weight excluding hydrogens is 483 g/mol. The zero-order valence-electron chi connectivity index (χ0n) is 20.6. The molecular formula is C27H32Cl2N4O2. The van der Waals surface area contributed by atoms with Crippen molar-refractivity contribution in [2.75, 3.05) is 26.0 Å². The second-order valence-corrected chi connectivity index (χ2v) is 10.9. The minimum Gasteiger partial charge on any atom is -0.505 e. The average molecular weight is 515 g/mol. The molecule has 35 heavy (non-hydrogen) atoms. The van der Waals surface area contributed by atoms with E-state index in [0.29, 0.717) is 33.8 Å². The molecule has 0 aliphatic heterocycles. The molecule has 4 rings (SSSR count). The third-order valence-electron chi connectivity index (χ3n) is 6.63. The number of Topliss-reactive ketones (excluding diaryl/α,β-unsaturated/α-hetero) is 1. The number of nitrogens with zero attached hydrogens (tertiary/aromatic N) is 3. The van der Waals surface area contributed by atoms with Gasteiger partial charge in [0.05, 0.1) is 32.5 Å². The van der Waals surface area contributed by atoms with Gasteiger partial charge in [-0.25, -0.2) is 4.98 Å². The summed E-state index contributed by atoms with van der Waals surface area (Å²) in [6.45, 7) is 4.89. The summed E-state index contributed by atoms with van der Waals surface area (Å²) in [5, 5.41) is 13.9. The average Bonchev–Trinajstić information content (AvgIpc) is 2.82. The lowest BCUT2D eigenvalue weighted by atomic mass is 9.85. The number of aromatic nitrogens is 2. The monoisotopic (exact) mass is 514 g/mol. The van der Waals surface area contributed by atoms with Gasteiger partial charge < -0.3 is 15.3 Å². The largest absolute Gasteiger partial charge is 0.505 e. The smallest absolute Gasteiger partial charge is 0.169 e. The first kappa shape index (κ1) is 25.7. The van der Waals surface area contributed by atoms with E-state index >= 15 is 0 Å². The third kappa shape index (κ3) is 5.71. The van der Waals surface area contributed by atoms with Gasteiger partial charge in [-0.05, 0) is 70.0 Å². The maximum Gasteiger partial charge on any atom is 0.169 e. The molecule has 1 aliphatic rings. The number of phenols is 1. The van der Waals surface area contributed by atoms with Crippen LogP contribution in [0.2, 0.25) is 10.0 Å². The Labute approximate surface area is 216 Å². The quantitative estimate of drug-likeness (QED) is 0.342. The van der Waals surface area contributed by atoms with E-state index in [1.807, 2.05) is 26.0 Å². The standard InChI is InChI=1S/C27H32Cl2N4O2/c1-15(2)26(34)19-13-30-23-10-9-22(17-11-20(28)27(35)21(29)12-17)32-25(23)24(19)31-18-7-5-16(6-8-18)14-33(3)4/h9-13,15-16,18,35H,5-8,14H2,1-4H3,(H,30,31)/t16-,18-. The van der Waals surface area contributed by atoms with Crippen molar-refractivity contribution < 1.29 is 9.90 Å². The van der Waals surface area contributed by atoms with Crippen molar-refractivity contribution in [3.63, 3.8) is 0 Å². The summed E-state index contributed by atoms with van der Waals surface area (Å²) in [5.41, 5.74) is 3.96. The van der Waals surface area contributed by atoms with E-state index in [4.69, 9.17) is 28.2 Å². The summed E-state index contributed by atoms with van der Waals surface area (Å²) >= 11 is 12.3. The molecule has 0 radical (unpaired) electrons. The number of halogens is 2. The normalized spacial score (nSPS) is 18.4. The second-order valence-electron chi connectivity index (χ2n) is 10.0. The molecule has 0 unspecified atom stereocenters. The number of anilines is 1. The highest BCUT2D eigenvalue weighted by atomic mass is 35.5. The third-order valence-corrected chi connectivity index (χ3v) is 7.21. The van der Waals surface area contributed by atoms with Crippen LogP contribution >= 0.6 is 23.2 Å². The molecule has 2 N–H and O–H groups in total. The number of ketones is 1. The number of hydrogen-bond donors (Lipinski definition) is 2. The van der Waals surface area contributed by atoms with Crippen LogP contribution in [0.25, 0.3) is 22.3 Å². The molecule has 1 aliphatic carbocycles. The van der Waals surface area contributed by atoms with Gasteiger partial charge in [-0.2, -0.15) is 0 Å². The van der Waals surface area contributed by atoms with Crippen LogP contribution in [0.5, 0.6) is 5.75 Å². The number of phenolic OH excluding ortho intramolecular Hbond substituents is 1. The predicted molar refractivity (Wildman–Crippen MR) is 144 cm³/mol. The molecule has 6 nitrogen and oxygen atoms in total. The molecule has 1 aromatic carbocycles. The van der Waals surface area contributed by atoms with E-state index in [0.717, 1.165) is 37.9 Å². The Morgan fingerprint density at radius 2 is 1.80 bits per heavy atom. The lowest BCUT2D eigenvalue weighted by molar-refractivity contribution is 0.0940. The van der Waals surface area contributed by atoms with Gasteiger partial charge in [0.15, 0.2) is 11.5 Å². The number of rotatable bonds is 7. The van der Waals surface area contributed by atoms with Gasteiger partial charge >= 0.3 is 0 Å². The van der Waals surface area contributed by atoms with Crippen molar-refractivity contribution in [3.05, 3.63) is 46.1 Å². The van der Waals surface area contributed by atoms with Gasteiger partial charge in [-0.15, -0.1) is 0 Å². The summed E-state index contributed by atoms with van der Waals surface area (Å²) in [7, 11) is 4.24. The van der Waals surface area contributed by atoms with E-state index in [-0.39, 0.29) is 33.5 Å². The van der Waals surface area contributed by atoms with Crippen LogP contribution in [0.3, 0.4) is 0 Å². The highest BCUT2D eigenvalue weighted by Gasteiger charge is 2.25. The van der Waals surface area contributed by atoms with E-state index in [9.17, 15) is 9.90 Å². The van der Waals surface area contributed by atoms with E-state index < -0.39 is 0 Å². The number of aromatic hydroxyl groups is 1. The van der Waals surface area contributed by atoms with Gasteiger partial charge in [-0.1, -0.05) is 37.0 Å². The van der Waals surface area contributed by atoms with E-state index in [2.05, 4.69) is 29.3 Å². The van der Waals surface area contributed by atoms with E-state index in [1.54, 1.807) is 18.3 Å². The van der Waals surface area contributed by atoms with Crippen LogP contribution in [0.1, 0.15) is 49.9 Å². The predicted octanol–water partition coefficient (Wildman–Crippen LogP) is 6.68. The number of pyridine rings is 2. The van der Waals surface area contributed by atoms with Gasteiger partial charge in [0.2, 0.25) is 0 Å². The van der Waals surface area contributed by atoms with Crippen LogP contribution in [0.15, 0.2) is 30.5 Å². The Morgan fingerprint density at radius 1 is 1.14 bits per heavy atom. The Balaban J connectivity index is 1.75. The maximum absolute atomic E-state index is 13.1. The molecule has 3 aromatic rings. The molecule has 2 heterocycles. The molecule has 0 atom stereocenters. The van der Waals surface area contributed by atoms with Crippen LogP contribution in [-0.4, -0.2) is 52.4 Å². The zero-order valence-corrected chi connectivity index (χ0v) is 22.1. The lowest BCUT2D eigenvalue weighted by Crippen LogP contribution is -2.31. The van der Waals surface area contributed by atoms with Crippen molar-refractivity contribution in [3.8, 4) is 17.0 Å². The fourth-order valence-electron chi connectivity index (χ4n) is 4.79. The van der Waals surface area contributed by atoms with Gasteiger partial charge in [0.1, 0.15) is 5.52 Å². The first-order chi connectivity index (χ1) is 16.6. The summed E-state index contributed by atoms with van der Waals surface area (Å²) in [4.78, 5) is 24.8. The second kappa shape index (κ2) is 10.7. The number of benzene rings is 1. The molecule has 1 fully saturated rings. The molecule has 1 saturated carbocycles. The van der Waals surface area contributed by atoms with Crippen molar-refractivity contribution in [2.24, 2.45) is 11.8 Å². The number of hydrogen-bond acceptors (Lipinski definition) is 6. The Bertz CT molecular complexity index is 1210. The fourth-order valence-corrected chi connectivity index (χ4v) is 5.28. The molecule has 8 heteroatoms. The highest BCUT2D eigenvalue weighted by Crippen LogP contribution is 2.37. The Morgan fingerprint density at radius 3 is 2.40 bits per heavy atom. The zero-order chi connectivity index (χ0) is 25.3. The van der Waals surface area contributed by atoms with Gasteiger partial charge in [0.25, 0.3) is 0 Å². The number of carbonyl (C=O) groups excluding carboxylic acids is 1. The number of nitrogens with one attached hydrogen (secondary N) is 1. The number of fused-ring (bicyclic) bond motifs is 1. The van der Waals surface area contributed by atoms with Crippen molar-refractivity contribution >= 4 is 45.7 Å². The van der Waals surface area contributed by atoms with Crippen LogP contribution in [0.4, 0.5) is 5.69 Å². The van der Waals surface area contributed by atoms with E-state index in [1.165, 1.54) is 0 Å². The Hall–Kier alpha value is -2.41. The summed E-state index contributed by atoms with van der Waals surface area (Å²) in [6.07, 6.45) is 6.05. The molecule has 0 saturated heterocycles. The molecule has 0 spiro atoms. The first-order valence-corrected chi connectivity index (χ1v) is 12.8. The summed E-state index contributed by atoms with van der Waals surface area (Å²) in [6, 6.07) is 7.25. The maximum atomic E-state index is 13.1. The molecule has 0 amide bonds. The van der Waals surface area contributed by atoms with Gasteiger partial charge in [0, 0.05) is 30.3 Å². The molecule has 2 aromatic heterocycles. The van der Waals surface area contributed by atoms with Crippen molar-refractivity contribution in [2.45, 2.75) is 45.6 Å². The minimum absolute atomic E-state index is 0.0334. The first-order valence-electron chi connectivity index (χ1n) is 12.1. The number of carbonyl (C=O) groups is 1. The van der Waals surface area contributed by atoms with Crippen molar-refractivity contribution in [1.82, 2.24) is 14.9 Å². The summed E-state index contributed by atoms with van der Waals surface area (Å²) < 4.78 is 0. The van der Waals surface area contributed by atoms with Crippen LogP contribution in [-0.2, 0) is 0 Å². The van der Waals surface area contributed by atoms with Crippen molar-refractivity contribution in [1.29, 1.82) is 0 Å². The van der Waals surface area contributed by atoms with Crippen LogP contribution in [0, 0.1) is 11.8 Å². The molecule has 186 valence electrons. The topological polar surface area (TPSA) is 78.3 Å². The minimum atomic E-state index is -0.163. The summed E-state index contributed by atoms with van der Waals surface area (Å²) in [5.74, 6) is 0.411.